The molecule has 1 nitrogen and oxygen atoms in total. The molecule has 0 aliphatic rings. The van der Waals surface area contributed by atoms with E-state index in [1.807, 2.05) is 0 Å². The van der Waals surface area contributed by atoms with Crippen molar-refractivity contribution < 1.29 is 5.11 Å². The van der Waals surface area contributed by atoms with E-state index in [2.05, 4.69) is 74.4 Å². The molecular formula is C20H33ClO. The first kappa shape index (κ1) is 19.4. The molecule has 1 unspecified atom stereocenters. The summed E-state index contributed by atoms with van der Waals surface area (Å²) in [5.74, 6) is 0.436. The van der Waals surface area contributed by atoms with Gasteiger partial charge in [-0.15, -0.1) is 11.6 Å². The number of alkyl halides is 1. The topological polar surface area (TPSA) is 20.2 Å². The molecule has 1 N–H and O–H groups in total. The van der Waals surface area contributed by atoms with Crippen LogP contribution < -0.4 is 0 Å². The lowest BCUT2D eigenvalue weighted by Gasteiger charge is -2.30. The summed E-state index contributed by atoms with van der Waals surface area (Å²) >= 11 is 6.60. The molecule has 22 heavy (non-hydrogen) atoms. The highest BCUT2D eigenvalue weighted by Crippen LogP contribution is 2.40. The fourth-order valence-electron chi connectivity index (χ4n) is 2.47. The smallest absolute Gasteiger partial charge is 0.123 e. The van der Waals surface area contributed by atoms with E-state index in [1.54, 1.807) is 0 Å². The zero-order valence-corrected chi connectivity index (χ0v) is 16.5. The van der Waals surface area contributed by atoms with Crippen LogP contribution in [0.2, 0.25) is 0 Å². The summed E-state index contributed by atoms with van der Waals surface area (Å²) in [5, 5.41) is 10.8. The number of hydrogen-bond donors (Lipinski definition) is 1. The Morgan fingerprint density at radius 2 is 1.23 bits per heavy atom. The molecule has 126 valence electrons. The number of benzene rings is 1. The molecule has 0 fully saturated rings. The summed E-state index contributed by atoms with van der Waals surface area (Å²) in [6.07, 6.45) is 0.817. The van der Waals surface area contributed by atoms with Gasteiger partial charge in [-0.3, -0.25) is 0 Å². The minimum absolute atomic E-state index is 0.0588. The van der Waals surface area contributed by atoms with Gasteiger partial charge in [0.2, 0.25) is 0 Å². The Bertz CT molecular complexity index is 489. The summed E-state index contributed by atoms with van der Waals surface area (Å²) in [6, 6.07) is 4.26. The van der Waals surface area contributed by atoms with Crippen LogP contribution in [0.25, 0.3) is 0 Å². The largest absolute Gasteiger partial charge is 0.507 e. The van der Waals surface area contributed by atoms with E-state index < -0.39 is 0 Å². The summed E-state index contributed by atoms with van der Waals surface area (Å²) in [7, 11) is 0. The molecule has 0 radical (unpaired) electrons. The van der Waals surface area contributed by atoms with Crippen molar-refractivity contribution in [2.45, 2.75) is 84.9 Å². The van der Waals surface area contributed by atoms with E-state index >= 15 is 0 Å². The van der Waals surface area contributed by atoms with E-state index in [-0.39, 0.29) is 21.6 Å². The first-order valence-corrected chi connectivity index (χ1v) is 8.58. The quantitative estimate of drug-likeness (QED) is 0.644. The third-order valence-electron chi connectivity index (χ3n) is 4.14. The number of phenols is 1. The van der Waals surface area contributed by atoms with Gasteiger partial charge in [0, 0.05) is 5.38 Å². The van der Waals surface area contributed by atoms with Gasteiger partial charge in [0.1, 0.15) is 5.75 Å². The van der Waals surface area contributed by atoms with Crippen LogP contribution in [0.5, 0.6) is 5.75 Å². The highest BCUT2D eigenvalue weighted by molar-refractivity contribution is 6.21. The standard InChI is InChI=1S/C20H33ClO/c1-18(2,3)14-10-13(12-16(21)20(7,8)9)11-15(17(14)22)19(4,5)6/h10-11,16,22H,12H2,1-9H3. The average molecular weight is 325 g/mol. The fraction of sp³-hybridized carbons (Fsp3) is 0.700. The summed E-state index contributed by atoms with van der Waals surface area (Å²) in [5.41, 5.74) is 3.10. The summed E-state index contributed by atoms with van der Waals surface area (Å²) in [6.45, 7) is 19.3. The SMILES string of the molecule is CC(C)(C)c1cc(CC(Cl)C(C)(C)C)cc(C(C)(C)C)c1O. The number of aromatic hydroxyl groups is 1. The third kappa shape index (κ3) is 4.65. The number of phenolic OH excluding ortho intramolecular Hbond substituents is 1. The monoisotopic (exact) mass is 324 g/mol. The van der Waals surface area contributed by atoms with E-state index in [0.29, 0.717) is 5.75 Å². The van der Waals surface area contributed by atoms with Crippen LogP contribution in [0.15, 0.2) is 12.1 Å². The molecule has 0 saturated heterocycles. The Balaban J connectivity index is 3.42. The highest BCUT2D eigenvalue weighted by Gasteiger charge is 2.28. The molecule has 1 aromatic rings. The molecule has 0 aromatic heterocycles. The van der Waals surface area contributed by atoms with Crippen molar-refractivity contribution in [3.05, 3.63) is 28.8 Å². The van der Waals surface area contributed by atoms with Crippen molar-refractivity contribution in [2.75, 3.05) is 0 Å². The maximum Gasteiger partial charge on any atom is 0.123 e. The van der Waals surface area contributed by atoms with E-state index in [4.69, 9.17) is 11.6 Å². The zero-order valence-electron chi connectivity index (χ0n) is 15.8. The minimum atomic E-state index is -0.0936. The van der Waals surface area contributed by atoms with Gasteiger partial charge >= 0.3 is 0 Å². The van der Waals surface area contributed by atoms with Crippen LogP contribution in [0.4, 0.5) is 0 Å². The zero-order chi connectivity index (χ0) is 17.5. The lowest BCUT2D eigenvalue weighted by molar-refractivity contribution is 0.385. The van der Waals surface area contributed by atoms with E-state index in [0.717, 1.165) is 17.5 Å². The molecule has 1 atom stereocenters. The predicted octanol–water partition coefficient (Wildman–Crippen LogP) is 6.18. The Kier molecular flexibility index (Phi) is 5.34. The first-order valence-electron chi connectivity index (χ1n) is 8.15. The molecule has 0 aliphatic carbocycles. The van der Waals surface area contributed by atoms with Gasteiger partial charge in [-0.05, 0) is 39.4 Å². The molecule has 0 aliphatic heterocycles. The van der Waals surface area contributed by atoms with Crippen molar-refractivity contribution in [1.29, 1.82) is 0 Å². The van der Waals surface area contributed by atoms with Crippen LogP contribution in [-0.4, -0.2) is 10.5 Å². The van der Waals surface area contributed by atoms with Gasteiger partial charge in [0.15, 0.2) is 0 Å². The molecule has 0 heterocycles. The van der Waals surface area contributed by atoms with Gasteiger partial charge in [-0.1, -0.05) is 74.4 Å². The van der Waals surface area contributed by atoms with Crippen molar-refractivity contribution in [3.8, 4) is 5.75 Å². The lowest BCUT2D eigenvalue weighted by atomic mass is 9.77. The number of halogens is 1. The van der Waals surface area contributed by atoms with Crippen molar-refractivity contribution in [3.63, 3.8) is 0 Å². The Morgan fingerprint density at radius 3 is 1.50 bits per heavy atom. The molecule has 0 amide bonds. The van der Waals surface area contributed by atoms with Crippen molar-refractivity contribution in [2.24, 2.45) is 5.41 Å². The van der Waals surface area contributed by atoms with E-state index in [1.165, 1.54) is 5.56 Å². The van der Waals surface area contributed by atoms with Crippen LogP contribution in [0.1, 0.15) is 79.0 Å². The van der Waals surface area contributed by atoms with Crippen LogP contribution in [0, 0.1) is 5.41 Å². The summed E-state index contributed by atoms with van der Waals surface area (Å²) < 4.78 is 0. The van der Waals surface area contributed by atoms with Crippen molar-refractivity contribution >= 4 is 11.6 Å². The maximum absolute atomic E-state index is 10.7. The number of hydrogen-bond acceptors (Lipinski definition) is 1. The van der Waals surface area contributed by atoms with Gasteiger partial charge in [0.05, 0.1) is 0 Å². The third-order valence-corrected chi connectivity index (χ3v) is 4.95. The van der Waals surface area contributed by atoms with Gasteiger partial charge < -0.3 is 5.11 Å². The summed E-state index contributed by atoms with van der Waals surface area (Å²) in [4.78, 5) is 0. The highest BCUT2D eigenvalue weighted by atomic mass is 35.5. The van der Waals surface area contributed by atoms with E-state index in [9.17, 15) is 5.11 Å². The first-order chi connectivity index (χ1) is 9.64. The second-order valence-corrected chi connectivity index (χ2v) is 10.1. The van der Waals surface area contributed by atoms with Crippen LogP contribution in [0.3, 0.4) is 0 Å². The Morgan fingerprint density at radius 1 is 0.864 bits per heavy atom. The molecule has 1 rings (SSSR count). The van der Waals surface area contributed by atoms with Crippen molar-refractivity contribution in [1.82, 2.24) is 0 Å². The Hall–Kier alpha value is -0.690. The molecule has 2 heteroatoms. The molecular weight excluding hydrogens is 292 g/mol. The second kappa shape index (κ2) is 6.07. The maximum atomic E-state index is 10.7. The lowest BCUT2D eigenvalue weighted by Crippen LogP contribution is -2.24. The molecule has 0 bridgehead atoms. The second-order valence-electron chi connectivity index (χ2n) is 9.58. The normalized spacial score (nSPS) is 15.0. The average Bonchev–Trinajstić information content (AvgIpc) is 2.26. The fourth-order valence-corrected chi connectivity index (χ4v) is 2.65. The van der Waals surface area contributed by atoms with Crippen LogP contribution in [-0.2, 0) is 17.3 Å². The predicted molar refractivity (Wildman–Crippen MR) is 98.3 cm³/mol. The molecule has 0 spiro atoms. The molecule has 1 aromatic carbocycles. The minimum Gasteiger partial charge on any atom is -0.507 e. The number of rotatable bonds is 2. The molecule has 0 saturated carbocycles. The van der Waals surface area contributed by atoms with Gasteiger partial charge in [0.25, 0.3) is 0 Å². The van der Waals surface area contributed by atoms with Gasteiger partial charge in [-0.2, -0.15) is 0 Å². The van der Waals surface area contributed by atoms with Gasteiger partial charge in [-0.25, -0.2) is 0 Å². The van der Waals surface area contributed by atoms with Crippen LogP contribution >= 0.6 is 11.6 Å². The Labute approximate surface area is 142 Å².